The molecule has 5 nitrogen and oxygen atoms in total. The molecular weight excluding hydrogens is 256 g/mol. The summed E-state index contributed by atoms with van der Waals surface area (Å²) in [4.78, 5) is 13.7. The molecule has 0 aliphatic carbocycles. The number of hydrogen-bond acceptors (Lipinski definition) is 5. The van der Waals surface area contributed by atoms with E-state index in [9.17, 15) is 4.79 Å². The molecule has 0 aromatic carbocycles. The summed E-state index contributed by atoms with van der Waals surface area (Å²) in [6.45, 7) is 5.99. The van der Waals surface area contributed by atoms with Crippen molar-refractivity contribution in [1.82, 2.24) is 10.2 Å². The first kappa shape index (κ1) is 16.7. The number of furan rings is 1. The Balaban J connectivity index is 2.62. The summed E-state index contributed by atoms with van der Waals surface area (Å²) in [6.07, 6.45) is 2.61. The molecular formula is C15H26N2O3. The maximum Gasteiger partial charge on any atom is 0.374 e. The van der Waals surface area contributed by atoms with Crippen LogP contribution >= 0.6 is 0 Å². The van der Waals surface area contributed by atoms with Gasteiger partial charge in [-0.05, 0) is 32.5 Å². The zero-order chi connectivity index (χ0) is 15.1. The number of carbonyl (C=O) groups is 1. The summed E-state index contributed by atoms with van der Waals surface area (Å²) in [5, 5.41) is 3.49. The van der Waals surface area contributed by atoms with Gasteiger partial charge in [0.2, 0.25) is 5.76 Å². The second-order valence-electron chi connectivity index (χ2n) is 5.74. The highest BCUT2D eigenvalue weighted by Gasteiger charge is 2.17. The van der Waals surface area contributed by atoms with Crippen molar-refractivity contribution in [2.45, 2.75) is 32.9 Å². The fraction of sp³-hybridized carbons (Fsp3) is 0.667. The molecule has 20 heavy (non-hydrogen) atoms. The smallest absolute Gasteiger partial charge is 0.374 e. The lowest BCUT2D eigenvalue weighted by molar-refractivity contribution is 0.0563. The van der Waals surface area contributed by atoms with E-state index in [2.05, 4.69) is 38.2 Å². The van der Waals surface area contributed by atoms with E-state index >= 15 is 0 Å². The van der Waals surface area contributed by atoms with Crippen molar-refractivity contribution in [2.24, 2.45) is 5.92 Å². The van der Waals surface area contributed by atoms with Gasteiger partial charge in [0.1, 0.15) is 0 Å². The maximum atomic E-state index is 11.5. The van der Waals surface area contributed by atoms with Gasteiger partial charge in [-0.25, -0.2) is 4.79 Å². The minimum atomic E-state index is -0.431. The predicted molar refractivity (Wildman–Crippen MR) is 78.7 cm³/mol. The lowest BCUT2D eigenvalue weighted by Gasteiger charge is -2.24. The van der Waals surface area contributed by atoms with Gasteiger partial charge in [0.15, 0.2) is 0 Å². The summed E-state index contributed by atoms with van der Waals surface area (Å²) >= 11 is 0. The van der Waals surface area contributed by atoms with Gasteiger partial charge in [0, 0.05) is 24.7 Å². The maximum absolute atomic E-state index is 11.5. The molecule has 114 valence electrons. The summed E-state index contributed by atoms with van der Waals surface area (Å²) < 4.78 is 9.89. The molecule has 1 heterocycles. The third-order valence-corrected chi connectivity index (χ3v) is 3.04. The highest BCUT2D eigenvalue weighted by atomic mass is 16.5. The Morgan fingerprint density at radius 1 is 1.45 bits per heavy atom. The van der Waals surface area contributed by atoms with Crippen LogP contribution in [0.4, 0.5) is 0 Å². The topological polar surface area (TPSA) is 54.7 Å². The van der Waals surface area contributed by atoms with Crippen molar-refractivity contribution >= 4 is 5.97 Å². The second-order valence-corrected chi connectivity index (χ2v) is 5.74. The van der Waals surface area contributed by atoms with Gasteiger partial charge in [-0.2, -0.15) is 0 Å². The first-order valence-electron chi connectivity index (χ1n) is 6.96. The number of ether oxygens (including phenoxy) is 1. The minimum Gasteiger partial charge on any atom is -0.463 e. The monoisotopic (exact) mass is 282 g/mol. The summed E-state index contributed by atoms with van der Waals surface area (Å²) in [7, 11) is 5.48. The number of rotatable bonds is 8. The van der Waals surface area contributed by atoms with E-state index in [1.54, 1.807) is 6.07 Å². The largest absolute Gasteiger partial charge is 0.463 e. The highest BCUT2D eigenvalue weighted by Crippen LogP contribution is 2.13. The van der Waals surface area contributed by atoms with Crippen LogP contribution in [-0.2, 0) is 11.3 Å². The summed E-state index contributed by atoms with van der Waals surface area (Å²) in [5.74, 6) is 0.477. The molecule has 0 bridgehead atoms. The fourth-order valence-electron chi connectivity index (χ4n) is 2.23. The van der Waals surface area contributed by atoms with E-state index in [0.717, 1.165) is 18.5 Å². The lowest BCUT2D eigenvalue weighted by atomic mass is 10.0. The van der Waals surface area contributed by atoms with Crippen LogP contribution in [0, 0.1) is 5.92 Å². The van der Waals surface area contributed by atoms with Crippen LogP contribution in [0.3, 0.4) is 0 Å². The zero-order valence-corrected chi connectivity index (χ0v) is 13.1. The van der Waals surface area contributed by atoms with Gasteiger partial charge in [0.25, 0.3) is 0 Å². The molecule has 0 aliphatic heterocycles. The lowest BCUT2D eigenvalue weighted by Crippen LogP contribution is -2.39. The molecule has 0 amide bonds. The van der Waals surface area contributed by atoms with Crippen molar-refractivity contribution in [3.05, 3.63) is 23.7 Å². The van der Waals surface area contributed by atoms with Gasteiger partial charge < -0.3 is 19.4 Å². The molecule has 1 rings (SSSR count). The normalized spacial score (nSPS) is 12.9. The van der Waals surface area contributed by atoms with Crippen LogP contribution in [0.1, 0.15) is 36.4 Å². The number of methoxy groups -OCH3 is 1. The number of esters is 1. The Kier molecular flexibility index (Phi) is 6.75. The Hall–Kier alpha value is -1.33. The Morgan fingerprint density at radius 3 is 2.70 bits per heavy atom. The van der Waals surface area contributed by atoms with Gasteiger partial charge in [-0.3, -0.25) is 0 Å². The first-order valence-corrected chi connectivity index (χ1v) is 6.96. The first-order chi connectivity index (χ1) is 9.43. The SMILES string of the molecule is COC(=O)c1occc1CNC(CC(C)C)CN(C)C. The molecule has 1 unspecified atom stereocenters. The Labute approximate surface area is 121 Å². The van der Waals surface area contributed by atoms with Crippen molar-refractivity contribution in [3.8, 4) is 0 Å². The molecule has 1 aromatic heterocycles. The Morgan fingerprint density at radius 2 is 2.15 bits per heavy atom. The van der Waals surface area contributed by atoms with E-state index in [-0.39, 0.29) is 5.76 Å². The van der Waals surface area contributed by atoms with Crippen LogP contribution in [0.15, 0.2) is 16.7 Å². The molecule has 0 spiro atoms. The van der Waals surface area contributed by atoms with Crippen LogP contribution in [-0.4, -0.2) is 44.7 Å². The molecule has 5 heteroatoms. The van der Waals surface area contributed by atoms with E-state index in [4.69, 9.17) is 9.15 Å². The molecule has 0 fully saturated rings. The molecule has 0 radical (unpaired) electrons. The van der Waals surface area contributed by atoms with Crippen LogP contribution in [0.2, 0.25) is 0 Å². The number of likely N-dealkylation sites (N-methyl/N-ethyl adjacent to an activating group) is 1. The molecule has 1 aromatic rings. The average molecular weight is 282 g/mol. The van der Waals surface area contributed by atoms with Crippen LogP contribution in [0.25, 0.3) is 0 Å². The molecule has 1 N–H and O–H groups in total. The van der Waals surface area contributed by atoms with E-state index < -0.39 is 5.97 Å². The third kappa shape index (κ3) is 5.35. The summed E-state index contributed by atoms with van der Waals surface area (Å²) in [6, 6.07) is 2.19. The highest BCUT2D eigenvalue weighted by molar-refractivity contribution is 5.87. The van der Waals surface area contributed by atoms with Crippen LogP contribution < -0.4 is 5.32 Å². The fourth-order valence-corrected chi connectivity index (χ4v) is 2.23. The van der Waals surface area contributed by atoms with Crippen LogP contribution in [0.5, 0.6) is 0 Å². The molecule has 0 saturated carbocycles. The van der Waals surface area contributed by atoms with Gasteiger partial charge in [-0.15, -0.1) is 0 Å². The number of carbonyl (C=O) groups excluding carboxylic acids is 1. The quantitative estimate of drug-likeness (QED) is 0.740. The third-order valence-electron chi connectivity index (χ3n) is 3.04. The molecule has 0 aliphatic rings. The predicted octanol–water partition coefficient (Wildman–Crippen LogP) is 2.13. The van der Waals surface area contributed by atoms with Crippen molar-refractivity contribution in [3.63, 3.8) is 0 Å². The number of nitrogens with zero attached hydrogens (tertiary/aromatic N) is 1. The second kappa shape index (κ2) is 8.07. The van der Waals surface area contributed by atoms with Crippen molar-refractivity contribution in [2.75, 3.05) is 27.7 Å². The average Bonchev–Trinajstić information content (AvgIpc) is 2.82. The molecule has 1 atom stereocenters. The van der Waals surface area contributed by atoms with Crippen molar-refractivity contribution < 1.29 is 13.9 Å². The van der Waals surface area contributed by atoms with Gasteiger partial charge in [-0.1, -0.05) is 13.8 Å². The van der Waals surface area contributed by atoms with E-state index in [1.165, 1.54) is 13.4 Å². The van der Waals surface area contributed by atoms with E-state index in [0.29, 0.717) is 18.5 Å². The number of hydrogen-bond donors (Lipinski definition) is 1. The molecule has 0 saturated heterocycles. The summed E-state index contributed by atoms with van der Waals surface area (Å²) in [5.41, 5.74) is 0.837. The standard InChI is InChI=1S/C15H26N2O3/c1-11(2)8-13(10-17(3)4)16-9-12-6-7-20-14(12)15(18)19-5/h6-7,11,13,16H,8-10H2,1-5H3. The Bertz CT molecular complexity index is 403. The number of nitrogens with one attached hydrogen (secondary N) is 1. The van der Waals surface area contributed by atoms with E-state index in [1.807, 2.05) is 0 Å². The minimum absolute atomic E-state index is 0.285. The van der Waals surface area contributed by atoms with Crippen molar-refractivity contribution in [1.29, 1.82) is 0 Å². The zero-order valence-electron chi connectivity index (χ0n) is 13.1. The van der Waals surface area contributed by atoms with Gasteiger partial charge >= 0.3 is 5.97 Å². The van der Waals surface area contributed by atoms with Gasteiger partial charge in [0.05, 0.1) is 13.4 Å².